The molecule has 0 saturated heterocycles. The molecule has 1 aliphatic carbocycles. The number of nitrogens with zero attached hydrogens (tertiary/aromatic N) is 1. The van der Waals surface area contributed by atoms with Crippen molar-refractivity contribution in [1.29, 1.82) is 0 Å². The largest absolute Gasteiger partial charge is 0.326 e. The molecular formula is C14H22N2. The zero-order valence-electron chi connectivity index (χ0n) is 10.4. The predicted molar refractivity (Wildman–Crippen MR) is 68.2 cm³/mol. The first-order valence-corrected chi connectivity index (χ1v) is 6.16. The Morgan fingerprint density at radius 3 is 2.12 bits per heavy atom. The van der Waals surface area contributed by atoms with Crippen LogP contribution in [0.4, 0.5) is 0 Å². The fraction of sp³-hybridized carbons (Fsp3) is 0.571. The fourth-order valence-electron chi connectivity index (χ4n) is 2.91. The van der Waals surface area contributed by atoms with Crippen LogP contribution in [0.15, 0.2) is 24.3 Å². The second kappa shape index (κ2) is 4.56. The highest BCUT2D eigenvalue weighted by Crippen LogP contribution is 2.42. The molecule has 0 aliphatic heterocycles. The van der Waals surface area contributed by atoms with Gasteiger partial charge in [0.15, 0.2) is 0 Å². The molecule has 1 aromatic carbocycles. The summed E-state index contributed by atoms with van der Waals surface area (Å²) in [7, 11) is 4.39. The van der Waals surface area contributed by atoms with E-state index in [1.165, 1.54) is 36.8 Å². The van der Waals surface area contributed by atoms with Crippen LogP contribution in [0.2, 0.25) is 0 Å². The summed E-state index contributed by atoms with van der Waals surface area (Å²) in [6.45, 7) is 0.634. The van der Waals surface area contributed by atoms with Crippen LogP contribution >= 0.6 is 0 Å². The first-order chi connectivity index (χ1) is 7.69. The Bertz CT molecular complexity index is 334. The third-order valence-electron chi connectivity index (χ3n) is 4.01. The van der Waals surface area contributed by atoms with Crippen LogP contribution in [-0.2, 0) is 12.1 Å². The summed E-state index contributed by atoms with van der Waals surface area (Å²) < 4.78 is 0. The second-order valence-corrected chi connectivity index (χ2v) is 5.03. The van der Waals surface area contributed by atoms with Crippen LogP contribution in [0.5, 0.6) is 0 Å². The van der Waals surface area contributed by atoms with Gasteiger partial charge < -0.3 is 5.73 Å². The minimum absolute atomic E-state index is 0.271. The SMILES string of the molecule is CN(C)C1(c2ccc(CN)cc2)CCCC1. The molecule has 0 amide bonds. The predicted octanol–water partition coefficient (Wildman–Crippen LogP) is 2.48. The summed E-state index contributed by atoms with van der Waals surface area (Å²) in [5.41, 5.74) is 8.58. The zero-order chi connectivity index (χ0) is 11.6. The summed E-state index contributed by atoms with van der Waals surface area (Å²) in [6.07, 6.45) is 5.25. The lowest BCUT2D eigenvalue weighted by Gasteiger charge is -2.37. The molecule has 0 unspecified atom stereocenters. The Balaban J connectivity index is 2.32. The van der Waals surface area contributed by atoms with Crippen molar-refractivity contribution in [2.75, 3.05) is 14.1 Å². The highest BCUT2D eigenvalue weighted by Gasteiger charge is 2.37. The number of hydrogen-bond acceptors (Lipinski definition) is 2. The van der Waals surface area contributed by atoms with Crippen molar-refractivity contribution in [3.63, 3.8) is 0 Å². The Kier molecular flexibility index (Phi) is 3.31. The summed E-state index contributed by atoms with van der Waals surface area (Å²) in [4.78, 5) is 2.39. The first-order valence-electron chi connectivity index (χ1n) is 6.16. The van der Waals surface area contributed by atoms with Gasteiger partial charge in [0, 0.05) is 12.1 Å². The maximum Gasteiger partial charge on any atom is 0.0454 e. The maximum atomic E-state index is 5.64. The lowest BCUT2D eigenvalue weighted by molar-refractivity contribution is 0.158. The standard InChI is InChI=1S/C14H22N2/c1-16(2)14(9-3-4-10-14)13-7-5-12(11-15)6-8-13/h5-8H,3-4,9-11,15H2,1-2H3. The third-order valence-corrected chi connectivity index (χ3v) is 4.01. The van der Waals surface area contributed by atoms with Gasteiger partial charge in [-0.1, -0.05) is 37.1 Å². The minimum atomic E-state index is 0.271. The molecule has 1 aromatic rings. The molecule has 2 N–H and O–H groups in total. The van der Waals surface area contributed by atoms with E-state index in [2.05, 4.69) is 43.3 Å². The average Bonchev–Trinajstić information content (AvgIpc) is 2.79. The molecule has 1 aliphatic rings. The van der Waals surface area contributed by atoms with E-state index in [4.69, 9.17) is 5.73 Å². The molecule has 88 valence electrons. The van der Waals surface area contributed by atoms with Crippen LogP contribution in [-0.4, -0.2) is 19.0 Å². The summed E-state index contributed by atoms with van der Waals surface area (Å²) in [5.74, 6) is 0. The second-order valence-electron chi connectivity index (χ2n) is 5.03. The van der Waals surface area contributed by atoms with Crippen molar-refractivity contribution >= 4 is 0 Å². The van der Waals surface area contributed by atoms with Gasteiger partial charge in [-0.25, -0.2) is 0 Å². The number of hydrogen-bond donors (Lipinski definition) is 1. The van der Waals surface area contributed by atoms with Gasteiger partial charge in [-0.3, -0.25) is 4.90 Å². The van der Waals surface area contributed by atoms with E-state index in [0.717, 1.165) is 0 Å². The van der Waals surface area contributed by atoms with Gasteiger partial charge in [0.05, 0.1) is 0 Å². The van der Waals surface area contributed by atoms with E-state index >= 15 is 0 Å². The van der Waals surface area contributed by atoms with Crippen molar-refractivity contribution in [3.8, 4) is 0 Å². The molecule has 2 rings (SSSR count). The third kappa shape index (κ3) is 1.87. The average molecular weight is 218 g/mol. The van der Waals surface area contributed by atoms with Gasteiger partial charge in [-0.05, 0) is 38.1 Å². The zero-order valence-corrected chi connectivity index (χ0v) is 10.4. The number of rotatable bonds is 3. The minimum Gasteiger partial charge on any atom is -0.326 e. The normalized spacial score (nSPS) is 19.2. The highest BCUT2D eigenvalue weighted by atomic mass is 15.1. The van der Waals surface area contributed by atoms with Crippen molar-refractivity contribution < 1.29 is 0 Å². The summed E-state index contributed by atoms with van der Waals surface area (Å²) in [6, 6.07) is 8.85. The smallest absolute Gasteiger partial charge is 0.0454 e. The Labute approximate surface area is 98.4 Å². The monoisotopic (exact) mass is 218 g/mol. The number of nitrogens with two attached hydrogens (primary N) is 1. The molecule has 0 aromatic heterocycles. The van der Waals surface area contributed by atoms with E-state index in [1.807, 2.05) is 0 Å². The number of benzene rings is 1. The van der Waals surface area contributed by atoms with Gasteiger partial charge in [0.2, 0.25) is 0 Å². The van der Waals surface area contributed by atoms with E-state index in [9.17, 15) is 0 Å². The molecule has 0 atom stereocenters. The molecular weight excluding hydrogens is 196 g/mol. The van der Waals surface area contributed by atoms with Gasteiger partial charge in [0.25, 0.3) is 0 Å². The van der Waals surface area contributed by atoms with E-state index < -0.39 is 0 Å². The van der Waals surface area contributed by atoms with Crippen molar-refractivity contribution in [2.24, 2.45) is 5.73 Å². The van der Waals surface area contributed by atoms with Crippen LogP contribution in [0.25, 0.3) is 0 Å². The molecule has 1 fully saturated rings. The molecule has 2 nitrogen and oxygen atoms in total. The highest BCUT2D eigenvalue weighted by molar-refractivity contribution is 5.29. The van der Waals surface area contributed by atoms with E-state index in [0.29, 0.717) is 6.54 Å². The van der Waals surface area contributed by atoms with Crippen LogP contribution in [0.1, 0.15) is 36.8 Å². The Hall–Kier alpha value is -0.860. The molecule has 0 heterocycles. The Morgan fingerprint density at radius 2 is 1.69 bits per heavy atom. The van der Waals surface area contributed by atoms with Crippen molar-refractivity contribution in [3.05, 3.63) is 35.4 Å². The fourth-order valence-corrected chi connectivity index (χ4v) is 2.91. The van der Waals surface area contributed by atoms with E-state index in [-0.39, 0.29) is 5.54 Å². The molecule has 0 spiro atoms. The van der Waals surface area contributed by atoms with Gasteiger partial charge >= 0.3 is 0 Å². The topological polar surface area (TPSA) is 29.3 Å². The molecule has 1 saturated carbocycles. The summed E-state index contributed by atoms with van der Waals surface area (Å²) >= 11 is 0. The van der Waals surface area contributed by atoms with Crippen LogP contribution in [0, 0.1) is 0 Å². The van der Waals surface area contributed by atoms with Gasteiger partial charge in [-0.2, -0.15) is 0 Å². The van der Waals surface area contributed by atoms with Gasteiger partial charge in [-0.15, -0.1) is 0 Å². The van der Waals surface area contributed by atoms with E-state index in [1.54, 1.807) is 0 Å². The van der Waals surface area contributed by atoms with Crippen molar-refractivity contribution in [1.82, 2.24) is 4.90 Å². The van der Waals surface area contributed by atoms with Gasteiger partial charge in [0.1, 0.15) is 0 Å². The lowest BCUT2D eigenvalue weighted by atomic mass is 9.86. The maximum absolute atomic E-state index is 5.64. The quantitative estimate of drug-likeness (QED) is 0.844. The molecule has 0 bridgehead atoms. The van der Waals surface area contributed by atoms with Crippen molar-refractivity contribution in [2.45, 2.75) is 37.8 Å². The molecule has 0 radical (unpaired) electrons. The first kappa shape index (κ1) is 11.6. The van der Waals surface area contributed by atoms with Crippen LogP contribution < -0.4 is 5.73 Å². The van der Waals surface area contributed by atoms with Crippen LogP contribution in [0.3, 0.4) is 0 Å². The molecule has 16 heavy (non-hydrogen) atoms. The lowest BCUT2D eigenvalue weighted by Crippen LogP contribution is -2.38. The Morgan fingerprint density at radius 1 is 1.12 bits per heavy atom. The summed E-state index contributed by atoms with van der Waals surface area (Å²) in [5, 5.41) is 0. The molecule has 2 heteroatoms.